The number of carbonyl (C=O) groups is 1. The Bertz CT molecular complexity index is 259. The van der Waals surface area contributed by atoms with E-state index in [2.05, 4.69) is 0 Å². The highest BCUT2D eigenvalue weighted by molar-refractivity contribution is 5.68. The number of amides is 1. The van der Waals surface area contributed by atoms with E-state index < -0.39 is 11.9 Å². The van der Waals surface area contributed by atoms with Gasteiger partial charge in [0.15, 0.2) is 11.9 Å². The summed E-state index contributed by atoms with van der Waals surface area (Å²) in [5.41, 5.74) is -0.775. The van der Waals surface area contributed by atoms with Crippen LogP contribution in [0.4, 0.5) is 4.79 Å². The summed E-state index contributed by atoms with van der Waals surface area (Å²) in [7, 11) is 1.42. The van der Waals surface area contributed by atoms with Crippen molar-refractivity contribution in [2.45, 2.75) is 44.0 Å². The molecular formula is C11H19NO4. The monoisotopic (exact) mass is 229 g/mol. The van der Waals surface area contributed by atoms with Crippen LogP contribution in [0, 0.1) is 0 Å². The minimum atomic E-state index is -0.999. The molecule has 5 nitrogen and oxygen atoms in total. The normalized spacial score (nSPS) is 25.0. The standard InChI is InChI=1S/C11H19NO4/c1-15-9(13)11(5-6-11)16-10(14)12-7-3-2-4-8-12/h9,13H,2-8H2,1H3. The molecular weight excluding hydrogens is 210 g/mol. The van der Waals surface area contributed by atoms with Crippen LogP contribution in [0.25, 0.3) is 0 Å². The maximum absolute atomic E-state index is 11.8. The number of piperidine rings is 1. The Hall–Kier alpha value is -0.810. The predicted molar refractivity (Wildman–Crippen MR) is 56.9 cm³/mol. The number of hydrogen-bond donors (Lipinski definition) is 1. The third-order valence-corrected chi connectivity index (χ3v) is 3.32. The number of carbonyl (C=O) groups excluding carboxylic acids is 1. The van der Waals surface area contributed by atoms with Gasteiger partial charge in [0.25, 0.3) is 0 Å². The van der Waals surface area contributed by atoms with Crippen molar-refractivity contribution in [3.05, 3.63) is 0 Å². The Morgan fingerprint density at radius 2 is 1.94 bits per heavy atom. The molecule has 0 aromatic heterocycles. The summed E-state index contributed by atoms with van der Waals surface area (Å²) >= 11 is 0. The molecule has 1 saturated heterocycles. The van der Waals surface area contributed by atoms with E-state index in [0.717, 1.165) is 25.9 Å². The van der Waals surface area contributed by atoms with Gasteiger partial charge in [0.2, 0.25) is 0 Å². The Labute approximate surface area is 95.3 Å². The third kappa shape index (κ3) is 2.30. The molecule has 0 aromatic rings. The minimum absolute atomic E-state index is 0.312. The molecule has 0 bridgehead atoms. The second-order valence-corrected chi connectivity index (χ2v) is 4.57. The first-order chi connectivity index (χ1) is 7.68. The zero-order chi connectivity index (χ0) is 11.6. The molecule has 1 unspecified atom stereocenters. The number of methoxy groups -OCH3 is 1. The van der Waals surface area contributed by atoms with Crippen LogP contribution in [0.5, 0.6) is 0 Å². The van der Waals surface area contributed by atoms with E-state index >= 15 is 0 Å². The van der Waals surface area contributed by atoms with Gasteiger partial charge in [0.1, 0.15) is 0 Å². The fraction of sp³-hybridized carbons (Fsp3) is 0.909. The highest BCUT2D eigenvalue weighted by Crippen LogP contribution is 2.43. The first-order valence-corrected chi connectivity index (χ1v) is 5.87. The number of aliphatic hydroxyl groups excluding tert-OH is 1. The molecule has 1 N–H and O–H groups in total. The van der Waals surface area contributed by atoms with Gasteiger partial charge in [-0.2, -0.15) is 0 Å². The van der Waals surface area contributed by atoms with Gasteiger partial charge in [0, 0.05) is 20.2 Å². The molecule has 1 amide bonds. The highest BCUT2D eigenvalue weighted by Gasteiger charge is 2.54. The van der Waals surface area contributed by atoms with Crippen LogP contribution in [0.1, 0.15) is 32.1 Å². The van der Waals surface area contributed by atoms with Crippen molar-refractivity contribution in [3.8, 4) is 0 Å². The molecule has 1 saturated carbocycles. The van der Waals surface area contributed by atoms with Crippen LogP contribution in [-0.2, 0) is 9.47 Å². The van der Waals surface area contributed by atoms with Gasteiger partial charge >= 0.3 is 6.09 Å². The average Bonchev–Trinajstić information content (AvgIpc) is 3.10. The maximum Gasteiger partial charge on any atom is 0.410 e. The molecule has 0 radical (unpaired) electrons. The lowest BCUT2D eigenvalue weighted by atomic mass is 10.1. The summed E-state index contributed by atoms with van der Waals surface area (Å²) in [5.74, 6) is 0. The molecule has 0 spiro atoms. The third-order valence-electron chi connectivity index (χ3n) is 3.32. The van der Waals surface area contributed by atoms with Crippen molar-refractivity contribution in [1.82, 2.24) is 4.90 Å². The molecule has 2 aliphatic rings. The lowest BCUT2D eigenvalue weighted by Gasteiger charge is -2.29. The Morgan fingerprint density at radius 1 is 1.31 bits per heavy atom. The van der Waals surface area contributed by atoms with E-state index in [4.69, 9.17) is 9.47 Å². The number of nitrogens with zero attached hydrogens (tertiary/aromatic N) is 1. The lowest BCUT2D eigenvalue weighted by molar-refractivity contribution is -0.161. The molecule has 1 aliphatic carbocycles. The van der Waals surface area contributed by atoms with Crippen molar-refractivity contribution in [2.75, 3.05) is 20.2 Å². The van der Waals surface area contributed by atoms with Crippen molar-refractivity contribution >= 4 is 6.09 Å². The number of likely N-dealkylation sites (tertiary alicyclic amines) is 1. The van der Waals surface area contributed by atoms with E-state index in [1.54, 1.807) is 4.90 Å². The quantitative estimate of drug-likeness (QED) is 0.736. The van der Waals surface area contributed by atoms with Crippen molar-refractivity contribution in [1.29, 1.82) is 0 Å². The molecule has 1 aliphatic heterocycles. The van der Waals surface area contributed by atoms with Gasteiger partial charge in [-0.3, -0.25) is 0 Å². The summed E-state index contributed by atoms with van der Waals surface area (Å²) in [6.07, 6.45) is 3.30. The van der Waals surface area contributed by atoms with Gasteiger partial charge in [-0.05, 0) is 32.1 Å². The van der Waals surface area contributed by atoms with E-state index in [1.165, 1.54) is 13.5 Å². The van der Waals surface area contributed by atoms with Gasteiger partial charge < -0.3 is 19.5 Å². The van der Waals surface area contributed by atoms with E-state index in [-0.39, 0.29) is 6.09 Å². The predicted octanol–water partition coefficient (Wildman–Crippen LogP) is 1.11. The highest BCUT2D eigenvalue weighted by atomic mass is 16.7. The molecule has 16 heavy (non-hydrogen) atoms. The SMILES string of the molecule is COC(O)C1(OC(=O)N2CCCCC2)CC1. The van der Waals surface area contributed by atoms with Crippen LogP contribution < -0.4 is 0 Å². The van der Waals surface area contributed by atoms with Crippen molar-refractivity contribution in [2.24, 2.45) is 0 Å². The van der Waals surface area contributed by atoms with Gasteiger partial charge in [-0.25, -0.2) is 4.79 Å². The first kappa shape index (κ1) is 11.7. The number of aliphatic hydroxyl groups is 1. The topological polar surface area (TPSA) is 59.0 Å². The summed E-state index contributed by atoms with van der Waals surface area (Å²) in [5, 5.41) is 9.58. The maximum atomic E-state index is 11.8. The summed E-state index contributed by atoms with van der Waals surface area (Å²) in [4.78, 5) is 13.5. The Morgan fingerprint density at radius 3 is 2.44 bits per heavy atom. The summed E-state index contributed by atoms with van der Waals surface area (Å²) < 4.78 is 10.2. The molecule has 2 fully saturated rings. The van der Waals surface area contributed by atoms with Gasteiger partial charge in [0.05, 0.1) is 0 Å². The lowest BCUT2D eigenvalue weighted by Crippen LogP contribution is -2.42. The van der Waals surface area contributed by atoms with Crippen LogP contribution >= 0.6 is 0 Å². The minimum Gasteiger partial charge on any atom is -0.437 e. The summed E-state index contributed by atoms with van der Waals surface area (Å²) in [6, 6.07) is 0. The fourth-order valence-electron chi connectivity index (χ4n) is 2.05. The largest absolute Gasteiger partial charge is 0.437 e. The molecule has 1 atom stereocenters. The van der Waals surface area contributed by atoms with Crippen LogP contribution in [0.15, 0.2) is 0 Å². The fourth-order valence-corrected chi connectivity index (χ4v) is 2.05. The molecule has 2 rings (SSSR count). The Kier molecular flexibility index (Phi) is 3.35. The second kappa shape index (κ2) is 4.59. The molecule has 92 valence electrons. The van der Waals surface area contributed by atoms with Crippen molar-refractivity contribution < 1.29 is 19.4 Å². The first-order valence-electron chi connectivity index (χ1n) is 5.87. The van der Waals surface area contributed by atoms with E-state index in [0.29, 0.717) is 12.8 Å². The zero-order valence-corrected chi connectivity index (χ0v) is 9.65. The van der Waals surface area contributed by atoms with Crippen molar-refractivity contribution in [3.63, 3.8) is 0 Å². The smallest absolute Gasteiger partial charge is 0.410 e. The van der Waals surface area contributed by atoms with Gasteiger partial charge in [-0.15, -0.1) is 0 Å². The number of ether oxygens (including phenoxy) is 2. The van der Waals surface area contributed by atoms with Gasteiger partial charge in [-0.1, -0.05) is 0 Å². The number of rotatable bonds is 3. The molecule has 0 aromatic carbocycles. The van der Waals surface area contributed by atoms with Crippen LogP contribution in [0.2, 0.25) is 0 Å². The van der Waals surface area contributed by atoms with Crippen LogP contribution in [-0.4, -0.2) is 48.2 Å². The molecule has 5 heteroatoms. The number of hydrogen-bond acceptors (Lipinski definition) is 4. The second-order valence-electron chi connectivity index (χ2n) is 4.57. The van der Waals surface area contributed by atoms with E-state index in [1.807, 2.05) is 0 Å². The van der Waals surface area contributed by atoms with Crippen LogP contribution in [0.3, 0.4) is 0 Å². The summed E-state index contributed by atoms with van der Waals surface area (Å²) in [6.45, 7) is 1.52. The van der Waals surface area contributed by atoms with E-state index in [9.17, 15) is 9.90 Å². The molecule has 1 heterocycles. The average molecular weight is 229 g/mol. The Balaban J connectivity index is 1.86. The zero-order valence-electron chi connectivity index (χ0n) is 9.65.